The van der Waals surface area contributed by atoms with Crippen molar-refractivity contribution in [1.82, 2.24) is 5.32 Å². The fraction of sp³-hybridized carbons (Fsp3) is 0.214. The van der Waals surface area contributed by atoms with Crippen molar-refractivity contribution in [2.45, 2.75) is 24.5 Å². The molecule has 0 fully saturated rings. The number of hydrogen-bond acceptors (Lipinski definition) is 4. The Labute approximate surface area is 133 Å². The normalized spacial score (nSPS) is 12.9. The first kappa shape index (κ1) is 16.5. The Hall–Kier alpha value is -1.83. The highest BCUT2D eigenvalue weighted by atomic mass is 35.5. The first-order chi connectivity index (χ1) is 10.3. The molecule has 0 radical (unpaired) electrons. The first-order valence-electron chi connectivity index (χ1n) is 6.43. The Morgan fingerprint density at radius 1 is 1.36 bits per heavy atom. The van der Waals surface area contributed by atoms with Crippen molar-refractivity contribution in [3.05, 3.63) is 52.7 Å². The number of carbonyl (C=O) groups excluding carboxylic acids is 1. The van der Waals surface area contributed by atoms with Crippen LogP contribution in [0.2, 0.25) is 5.02 Å². The summed E-state index contributed by atoms with van der Waals surface area (Å²) in [6.07, 6.45) is 0.578. The molecule has 0 aliphatic carbocycles. The Balaban J connectivity index is 2.01. The number of halogens is 1. The molecule has 0 aliphatic rings. The maximum Gasteiger partial charge on any atom is 0.287 e. The van der Waals surface area contributed by atoms with Gasteiger partial charge in [0, 0.05) is 11.1 Å². The molecular formula is C14H15ClN2O4S. The number of hydrogen-bond donors (Lipinski definition) is 2. The van der Waals surface area contributed by atoms with E-state index in [1.165, 1.54) is 6.07 Å². The van der Waals surface area contributed by atoms with Crippen LogP contribution in [-0.4, -0.2) is 20.4 Å². The molecule has 0 unspecified atom stereocenters. The lowest BCUT2D eigenvalue weighted by Gasteiger charge is -2.13. The van der Waals surface area contributed by atoms with Crippen molar-refractivity contribution >= 4 is 27.5 Å². The largest absolute Gasteiger partial charge is 0.438 e. The number of amides is 1. The van der Waals surface area contributed by atoms with E-state index in [-0.39, 0.29) is 11.8 Å². The van der Waals surface area contributed by atoms with Crippen molar-refractivity contribution < 1.29 is 17.6 Å². The molecule has 118 valence electrons. The van der Waals surface area contributed by atoms with Crippen molar-refractivity contribution in [1.29, 1.82) is 0 Å². The lowest BCUT2D eigenvalue weighted by molar-refractivity contribution is 0.0907. The van der Waals surface area contributed by atoms with Gasteiger partial charge in [0.25, 0.3) is 15.9 Å². The molecule has 1 aromatic carbocycles. The Morgan fingerprint density at radius 3 is 2.68 bits per heavy atom. The highest BCUT2D eigenvalue weighted by Crippen LogP contribution is 2.14. The van der Waals surface area contributed by atoms with Crippen LogP contribution in [-0.2, 0) is 16.4 Å². The molecular weight excluding hydrogens is 328 g/mol. The summed E-state index contributed by atoms with van der Waals surface area (Å²) < 4.78 is 27.1. The average molecular weight is 343 g/mol. The van der Waals surface area contributed by atoms with E-state index >= 15 is 0 Å². The molecule has 0 spiro atoms. The van der Waals surface area contributed by atoms with Gasteiger partial charge in [-0.15, -0.1) is 0 Å². The summed E-state index contributed by atoms with van der Waals surface area (Å²) in [6.45, 7) is 1.82. The summed E-state index contributed by atoms with van der Waals surface area (Å²) in [7, 11) is -3.96. The van der Waals surface area contributed by atoms with Gasteiger partial charge in [0.2, 0.25) is 5.09 Å². The van der Waals surface area contributed by atoms with Gasteiger partial charge in [-0.25, -0.2) is 13.6 Å². The third kappa shape index (κ3) is 4.33. The second-order valence-electron chi connectivity index (χ2n) is 4.87. The average Bonchev–Trinajstić information content (AvgIpc) is 2.87. The minimum Gasteiger partial charge on any atom is -0.438 e. The van der Waals surface area contributed by atoms with Gasteiger partial charge in [-0.05, 0) is 43.2 Å². The number of primary sulfonamides is 1. The zero-order chi connectivity index (χ0) is 16.3. The molecule has 1 amide bonds. The minimum atomic E-state index is -3.96. The molecule has 0 aliphatic heterocycles. The zero-order valence-electron chi connectivity index (χ0n) is 11.7. The zero-order valence-corrected chi connectivity index (χ0v) is 13.3. The van der Waals surface area contributed by atoms with E-state index in [2.05, 4.69) is 5.32 Å². The summed E-state index contributed by atoms with van der Waals surface area (Å²) in [5, 5.41) is 7.82. The maximum absolute atomic E-state index is 12.0. The molecule has 1 atom stereocenters. The molecule has 8 heteroatoms. The highest BCUT2D eigenvalue weighted by molar-refractivity contribution is 7.89. The predicted molar refractivity (Wildman–Crippen MR) is 82.2 cm³/mol. The van der Waals surface area contributed by atoms with Crippen LogP contribution < -0.4 is 10.5 Å². The van der Waals surface area contributed by atoms with E-state index in [4.69, 9.17) is 21.2 Å². The van der Waals surface area contributed by atoms with E-state index in [0.29, 0.717) is 11.4 Å². The highest BCUT2D eigenvalue weighted by Gasteiger charge is 2.18. The first-order valence-corrected chi connectivity index (χ1v) is 8.36. The van der Waals surface area contributed by atoms with Gasteiger partial charge in [0.1, 0.15) is 0 Å². The predicted octanol–water partition coefficient (Wildman–Crippen LogP) is 1.94. The van der Waals surface area contributed by atoms with Crippen LogP contribution in [0.25, 0.3) is 0 Å². The molecule has 1 heterocycles. The lowest BCUT2D eigenvalue weighted by atomic mass is 10.1. The van der Waals surface area contributed by atoms with Gasteiger partial charge in [0.05, 0.1) is 0 Å². The van der Waals surface area contributed by atoms with Gasteiger partial charge in [0.15, 0.2) is 5.76 Å². The van der Waals surface area contributed by atoms with Gasteiger partial charge in [-0.2, -0.15) is 0 Å². The standard InChI is InChI=1S/C14H15ClN2O4S/c1-9(7-10-3-2-4-11(15)8-10)17-14(18)12-5-6-13(21-12)22(16,19)20/h2-6,8-9H,7H2,1H3,(H,17,18)(H2,16,19,20)/t9-/m1/s1. The van der Waals surface area contributed by atoms with E-state index < -0.39 is 21.0 Å². The summed E-state index contributed by atoms with van der Waals surface area (Å²) in [5.41, 5.74) is 0.977. The second kappa shape index (κ2) is 6.51. The van der Waals surface area contributed by atoms with Crippen molar-refractivity contribution in [3.63, 3.8) is 0 Å². The molecule has 1 aromatic heterocycles. The summed E-state index contributed by atoms with van der Waals surface area (Å²) in [4.78, 5) is 12.0. The van der Waals surface area contributed by atoms with Crippen molar-refractivity contribution in [2.24, 2.45) is 5.14 Å². The topological polar surface area (TPSA) is 102 Å². The fourth-order valence-corrected chi connectivity index (χ4v) is 2.64. The molecule has 2 aromatic rings. The molecule has 0 saturated carbocycles. The van der Waals surface area contributed by atoms with Crippen LogP contribution in [0.5, 0.6) is 0 Å². The van der Waals surface area contributed by atoms with E-state index in [9.17, 15) is 13.2 Å². The summed E-state index contributed by atoms with van der Waals surface area (Å²) >= 11 is 5.90. The number of nitrogens with one attached hydrogen (secondary N) is 1. The Morgan fingerprint density at radius 2 is 2.09 bits per heavy atom. The van der Waals surface area contributed by atoms with E-state index in [1.54, 1.807) is 6.07 Å². The number of sulfonamides is 1. The number of nitrogens with two attached hydrogens (primary N) is 1. The molecule has 22 heavy (non-hydrogen) atoms. The van der Waals surface area contributed by atoms with Crippen LogP contribution in [0.4, 0.5) is 0 Å². The van der Waals surface area contributed by atoms with Gasteiger partial charge in [-0.3, -0.25) is 4.79 Å². The molecule has 0 saturated heterocycles. The van der Waals surface area contributed by atoms with Gasteiger partial charge in [-0.1, -0.05) is 23.7 Å². The smallest absolute Gasteiger partial charge is 0.287 e. The maximum atomic E-state index is 12.0. The summed E-state index contributed by atoms with van der Waals surface area (Å²) in [6, 6.07) is 9.54. The fourth-order valence-electron chi connectivity index (χ4n) is 1.96. The van der Waals surface area contributed by atoms with Crippen LogP contribution in [0.1, 0.15) is 23.0 Å². The number of carbonyl (C=O) groups is 1. The molecule has 3 N–H and O–H groups in total. The number of benzene rings is 1. The number of furan rings is 1. The summed E-state index contributed by atoms with van der Waals surface area (Å²) in [5.74, 6) is -0.619. The quantitative estimate of drug-likeness (QED) is 0.866. The number of rotatable bonds is 5. The Kier molecular flexibility index (Phi) is 4.90. The minimum absolute atomic E-state index is 0.109. The van der Waals surface area contributed by atoms with Crippen LogP contribution in [0.3, 0.4) is 0 Å². The monoisotopic (exact) mass is 342 g/mol. The van der Waals surface area contributed by atoms with Crippen molar-refractivity contribution in [2.75, 3.05) is 0 Å². The SMILES string of the molecule is C[C@H](Cc1cccc(Cl)c1)NC(=O)c1ccc(S(N)(=O)=O)o1. The van der Waals surface area contributed by atoms with E-state index in [1.807, 2.05) is 25.1 Å². The van der Waals surface area contributed by atoms with E-state index in [0.717, 1.165) is 11.6 Å². The van der Waals surface area contributed by atoms with Crippen LogP contribution >= 0.6 is 11.6 Å². The third-order valence-corrected chi connectivity index (χ3v) is 3.91. The van der Waals surface area contributed by atoms with Gasteiger partial charge < -0.3 is 9.73 Å². The lowest BCUT2D eigenvalue weighted by Crippen LogP contribution is -2.33. The van der Waals surface area contributed by atoms with Crippen LogP contribution in [0.15, 0.2) is 45.9 Å². The van der Waals surface area contributed by atoms with Crippen LogP contribution in [0, 0.1) is 0 Å². The third-order valence-electron chi connectivity index (χ3n) is 2.89. The Bertz CT molecular complexity index is 786. The molecule has 0 bridgehead atoms. The van der Waals surface area contributed by atoms with Crippen molar-refractivity contribution in [3.8, 4) is 0 Å². The van der Waals surface area contributed by atoms with Gasteiger partial charge >= 0.3 is 0 Å². The molecule has 2 rings (SSSR count). The second-order valence-corrected chi connectivity index (χ2v) is 6.80. The molecule has 6 nitrogen and oxygen atoms in total.